The van der Waals surface area contributed by atoms with Crippen LogP contribution in [0.5, 0.6) is 0 Å². The first kappa shape index (κ1) is 12.8. The van der Waals surface area contributed by atoms with Crippen molar-refractivity contribution in [3.8, 4) is 0 Å². The summed E-state index contributed by atoms with van der Waals surface area (Å²) < 4.78 is 0. The summed E-state index contributed by atoms with van der Waals surface area (Å²) in [6, 6.07) is -0.443. The number of hydrogen-bond donors (Lipinski definition) is 2. The maximum atomic E-state index is 11.7. The van der Waals surface area contributed by atoms with Gasteiger partial charge in [-0.25, -0.2) is 9.78 Å². The Morgan fingerprint density at radius 1 is 1.47 bits per heavy atom. The number of carboxylic acid groups (broad SMARTS) is 1. The van der Waals surface area contributed by atoms with Gasteiger partial charge in [-0.1, -0.05) is 0 Å². The smallest absolute Gasteiger partial charge is 0.324 e. The lowest BCUT2D eigenvalue weighted by Crippen LogP contribution is -2.36. The molecule has 8 heteroatoms. The fraction of sp³-hybridized carbons (Fsp3) is 0.444. The summed E-state index contributed by atoms with van der Waals surface area (Å²) in [5.74, 6) is -0.861. The van der Waals surface area contributed by atoms with Crippen molar-refractivity contribution in [1.82, 2.24) is 20.1 Å². The third kappa shape index (κ3) is 4.41. The van der Waals surface area contributed by atoms with E-state index in [4.69, 9.17) is 5.11 Å². The quantitative estimate of drug-likeness (QED) is 0.759. The first-order chi connectivity index (χ1) is 8.13. The number of rotatable bonds is 5. The number of amides is 2. The van der Waals surface area contributed by atoms with Crippen molar-refractivity contribution in [2.45, 2.75) is 13.3 Å². The molecule has 2 amide bonds. The molecule has 0 saturated heterocycles. The minimum atomic E-state index is -0.950. The number of aliphatic carboxylic acids is 1. The largest absolute Gasteiger partial charge is 0.481 e. The third-order valence-electron chi connectivity index (χ3n) is 1.97. The van der Waals surface area contributed by atoms with Gasteiger partial charge in [0.1, 0.15) is 0 Å². The number of carboxylic acids is 1. The van der Waals surface area contributed by atoms with E-state index in [0.717, 1.165) is 0 Å². The van der Waals surface area contributed by atoms with Gasteiger partial charge in [0.15, 0.2) is 0 Å². The van der Waals surface area contributed by atoms with Crippen LogP contribution >= 0.6 is 0 Å². The Hall–Kier alpha value is -2.25. The number of hydrogen-bond acceptors (Lipinski definition) is 5. The van der Waals surface area contributed by atoms with Gasteiger partial charge < -0.3 is 10.0 Å². The summed E-state index contributed by atoms with van der Waals surface area (Å²) in [7, 11) is 0. The van der Waals surface area contributed by atoms with Gasteiger partial charge >= 0.3 is 12.0 Å². The third-order valence-corrected chi connectivity index (χ3v) is 1.97. The Labute approximate surface area is 97.7 Å². The zero-order valence-corrected chi connectivity index (χ0v) is 9.33. The zero-order chi connectivity index (χ0) is 12.7. The van der Waals surface area contributed by atoms with Crippen molar-refractivity contribution in [1.29, 1.82) is 0 Å². The molecular weight excluding hydrogens is 226 g/mol. The van der Waals surface area contributed by atoms with Crippen molar-refractivity contribution >= 4 is 17.9 Å². The highest BCUT2D eigenvalue weighted by Crippen LogP contribution is 1.98. The van der Waals surface area contributed by atoms with E-state index in [9.17, 15) is 9.59 Å². The Morgan fingerprint density at radius 2 is 2.24 bits per heavy atom. The number of carbonyl (C=O) groups is 2. The number of carbonyl (C=O) groups excluding carboxylic acids is 1. The van der Waals surface area contributed by atoms with Crippen molar-refractivity contribution in [2.24, 2.45) is 0 Å². The Balaban J connectivity index is 2.52. The molecule has 0 spiro atoms. The summed E-state index contributed by atoms with van der Waals surface area (Å²) in [6.45, 7) is 2.29. The molecule has 8 nitrogen and oxygen atoms in total. The van der Waals surface area contributed by atoms with E-state index in [1.165, 1.54) is 17.3 Å². The van der Waals surface area contributed by atoms with E-state index >= 15 is 0 Å². The van der Waals surface area contributed by atoms with E-state index in [2.05, 4.69) is 20.5 Å². The monoisotopic (exact) mass is 239 g/mol. The summed E-state index contributed by atoms with van der Waals surface area (Å²) in [5.41, 5.74) is 0. The lowest BCUT2D eigenvalue weighted by molar-refractivity contribution is -0.137. The molecule has 0 aromatic carbocycles. The molecule has 0 aliphatic heterocycles. The number of urea groups is 1. The highest BCUT2D eigenvalue weighted by atomic mass is 16.4. The lowest BCUT2D eigenvalue weighted by Gasteiger charge is -2.19. The molecule has 0 fully saturated rings. The van der Waals surface area contributed by atoms with Crippen LogP contribution in [0.1, 0.15) is 13.3 Å². The second kappa shape index (κ2) is 6.36. The molecule has 0 radical (unpaired) electrons. The average Bonchev–Trinajstić information content (AvgIpc) is 2.30. The second-order valence-corrected chi connectivity index (χ2v) is 3.12. The SMILES string of the molecule is CCN(CCC(=O)O)C(=O)Nc1nccnn1. The predicted molar refractivity (Wildman–Crippen MR) is 58.3 cm³/mol. The van der Waals surface area contributed by atoms with Gasteiger partial charge in [0.2, 0.25) is 0 Å². The van der Waals surface area contributed by atoms with Crippen molar-refractivity contribution < 1.29 is 14.7 Å². The molecule has 0 unspecified atom stereocenters. The van der Waals surface area contributed by atoms with Crippen molar-refractivity contribution in [3.63, 3.8) is 0 Å². The molecule has 0 atom stereocenters. The molecular formula is C9H13N5O3. The molecule has 1 aromatic heterocycles. The highest BCUT2D eigenvalue weighted by molar-refractivity contribution is 5.87. The van der Waals surface area contributed by atoms with E-state index in [-0.39, 0.29) is 18.9 Å². The number of nitrogens with one attached hydrogen (secondary N) is 1. The van der Waals surface area contributed by atoms with Crippen LogP contribution in [-0.4, -0.2) is 50.3 Å². The number of nitrogens with zero attached hydrogens (tertiary/aromatic N) is 4. The summed E-state index contributed by atoms with van der Waals surface area (Å²) in [5, 5.41) is 18.1. The van der Waals surface area contributed by atoms with E-state index in [0.29, 0.717) is 6.54 Å². The highest BCUT2D eigenvalue weighted by Gasteiger charge is 2.13. The Morgan fingerprint density at radius 3 is 2.76 bits per heavy atom. The van der Waals surface area contributed by atoms with Crippen LogP contribution in [0.4, 0.5) is 10.7 Å². The van der Waals surface area contributed by atoms with Gasteiger partial charge in [0.25, 0.3) is 5.95 Å². The Kier molecular flexibility index (Phi) is 4.79. The molecule has 1 heterocycles. The molecule has 0 saturated carbocycles. The minimum Gasteiger partial charge on any atom is -0.481 e. The minimum absolute atomic E-state index is 0.0891. The maximum Gasteiger partial charge on any atom is 0.324 e. The van der Waals surface area contributed by atoms with Crippen LogP contribution in [0.15, 0.2) is 12.4 Å². The van der Waals surface area contributed by atoms with Gasteiger partial charge in [-0.15, -0.1) is 5.10 Å². The lowest BCUT2D eigenvalue weighted by atomic mass is 10.4. The van der Waals surface area contributed by atoms with E-state index in [1.54, 1.807) is 6.92 Å². The van der Waals surface area contributed by atoms with Gasteiger partial charge in [-0.05, 0) is 6.92 Å². The van der Waals surface area contributed by atoms with Crippen LogP contribution in [0.3, 0.4) is 0 Å². The molecule has 0 aliphatic carbocycles. The summed E-state index contributed by atoms with van der Waals surface area (Å²) >= 11 is 0. The standard InChI is InChI=1S/C9H13N5O3/c1-2-14(6-3-7(15)16)9(17)12-8-10-4-5-11-13-8/h4-5H,2-3,6H2,1H3,(H,15,16)(H,10,12,13,17). The molecule has 0 bridgehead atoms. The molecule has 2 N–H and O–H groups in total. The van der Waals surface area contributed by atoms with Crippen LogP contribution in [-0.2, 0) is 4.79 Å². The molecule has 0 aliphatic rings. The van der Waals surface area contributed by atoms with Crippen molar-refractivity contribution in [3.05, 3.63) is 12.4 Å². The maximum absolute atomic E-state index is 11.7. The van der Waals surface area contributed by atoms with Crippen LogP contribution in [0.25, 0.3) is 0 Å². The van der Waals surface area contributed by atoms with Gasteiger partial charge in [0.05, 0.1) is 18.8 Å². The second-order valence-electron chi connectivity index (χ2n) is 3.12. The number of anilines is 1. The first-order valence-electron chi connectivity index (χ1n) is 5.05. The Bertz CT molecular complexity index is 383. The normalized spacial score (nSPS) is 9.71. The molecule has 1 aromatic rings. The first-order valence-corrected chi connectivity index (χ1v) is 5.05. The van der Waals surface area contributed by atoms with E-state index < -0.39 is 12.0 Å². The zero-order valence-electron chi connectivity index (χ0n) is 9.33. The average molecular weight is 239 g/mol. The predicted octanol–water partition coefficient (Wildman–Crippen LogP) is 0.200. The molecule has 92 valence electrons. The number of aromatic nitrogens is 3. The molecule has 1 rings (SSSR count). The summed E-state index contributed by atoms with van der Waals surface area (Å²) in [4.78, 5) is 27.2. The fourth-order valence-electron chi connectivity index (χ4n) is 1.11. The van der Waals surface area contributed by atoms with E-state index in [1.807, 2.05) is 0 Å². The van der Waals surface area contributed by atoms with Crippen LogP contribution in [0, 0.1) is 0 Å². The van der Waals surface area contributed by atoms with Gasteiger partial charge in [-0.2, -0.15) is 5.10 Å². The molecule has 17 heavy (non-hydrogen) atoms. The van der Waals surface area contributed by atoms with Gasteiger partial charge in [-0.3, -0.25) is 10.1 Å². The van der Waals surface area contributed by atoms with Crippen LogP contribution < -0.4 is 5.32 Å². The topological polar surface area (TPSA) is 108 Å². The summed E-state index contributed by atoms with van der Waals surface area (Å²) in [6.07, 6.45) is 2.68. The van der Waals surface area contributed by atoms with Gasteiger partial charge in [0, 0.05) is 13.1 Å². The van der Waals surface area contributed by atoms with Crippen molar-refractivity contribution in [2.75, 3.05) is 18.4 Å². The van der Waals surface area contributed by atoms with Crippen LogP contribution in [0.2, 0.25) is 0 Å². The fourth-order valence-corrected chi connectivity index (χ4v) is 1.11.